The van der Waals surface area contributed by atoms with Crippen LogP contribution in [0.5, 0.6) is 11.5 Å². The highest BCUT2D eigenvalue weighted by atomic mass is 32.2. The summed E-state index contributed by atoms with van der Waals surface area (Å²) < 4.78 is 16.9. The number of carbonyl (C=O) groups excluding carboxylic acids is 3. The number of thioether (sulfide) groups is 1. The van der Waals surface area contributed by atoms with E-state index in [-0.39, 0.29) is 22.4 Å². The van der Waals surface area contributed by atoms with Gasteiger partial charge >= 0.3 is 5.97 Å². The molecule has 1 heterocycles. The van der Waals surface area contributed by atoms with Gasteiger partial charge in [-0.05, 0) is 90.4 Å². The number of ether oxygens (including phenoxy) is 3. The number of imide groups is 1. The largest absolute Gasteiger partial charge is 0.493 e. The highest BCUT2D eigenvalue weighted by Crippen LogP contribution is 2.34. The van der Waals surface area contributed by atoms with E-state index >= 15 is 0 Å². The van der Waals surface area contributed by atoms with E-state index in [0.29, 0.717) is 32.7 Å². The van der Waals surface area contributed by atoms with Gasteiger partial charge in [0.15, 0.2) is 0 Å². The summed E-state index contributed by atoms with van der Waals surface area (Å²) in [5.41, 5.74) is 7.81. The van der Waals surface area contributed by atoms with E-state index in [2.05, 4.69) is 38.2 Å². The van der Waals surface area contributed by atoms with Crippen molar-refractivity contribution < 1.29 is 28.6 Å². The summed E-state index contributed by atoms with van der Waals surface area (Å²) in [5, 5.41) is 1.66. The first-order valence-electron chi connectivity index (χ1n) is 12.9. The van der Waals surface area contributed by atoms with E-state index in [1.165, 1.54) is 12.5 Å². The summed E-state index contributed by atoms with van der Waals surface area (Å²) >= 11 is 1.04. The van der Waals surface area contributed by atoms with Crippen LogP contribution in [0, 0.1) is 20.8 Å². The van der Waals surface area contributed by atoms with Gasteiger partial charge in [0, 0.05) is 13.3 Å². The molecule has 1 atom stereocenters. The van der Waals surface area contributed by atoms with Gasteiger partial charge in [0.05, 0.1) is 18.5 Å². The first kappa shape index (κ1) is 28.2. The minimum Gasteiger partial charge on any atom is -0.493 e. The van der Waals surface area contributed by atoms with E-state index in [1.54, 1.807) is 0 Å². The minimum atomic E-state index is -0.380. The zero-order chi connectivity index (χ0) is 27.9. The van der Waals surface area contributed by atoms with Gasteiger partial charge in [0.2, 0.25) is 5.91 Å². The number of nitrogens with one attached hydrogen (secondary N) is 1. The summed E-state index contributed by atoms with van der Waals surface area (Å²) in [7, 11) is 0. The maximum atomic E-state index is 11.8. The highest BCUT2D eigenvalue weighted by Gasteiger charge is 2.31. The molecule has 1 fully saturated rings. The van der Waals surface area contributed by atoms with Crippen molar-refractivity contribution in [2.24, 2.45) is 0 Å². The lowest BCUT2D eigenvalue weighted by Crippen LogP contribution is -2.25. The molecule has 39 heavy (non-hydrogen) atoms. The molecule has 7 nitrogen and oxygen atoms in total. The summed E-state index contributed by atoms with van der Waals surface area (Å²) in [4.78, 5) is 34.1. The van der Waals surface area contributed by atoms with Crippen molar-refractivity contribution in [3.63, 3.8) is 0 Å². The molecule has 0 aliphatic carbocycles. The quantitative estimate of drug-likeness (QED) is 0.230. The topological polar surface area (TPSA) is 90.9 Å². The summed E-state index contributed by atoms with van der Waals surface area (Å²) in [6.07, 6.45) is 1.14. The summed E-state index contributed by atoms with van der Waals surface area (Å²) in [5.74, 6) is 1.03. The second-order valence-electron chi connectivity index (χ2n) is 9.58. The van der Waals surface area contributed by atoms with Crippen LogP contribution < -0.4 is 14.8 Å². The number of benzene rings is 3. The lowest BCUT2D eigenvalue weighted by Gasteiger charge is -2.18. The standard InChI is InChI=1S/C31H33NO6S/c1-19-15-26(37-14-6-13-36-22(4)33)16-20(2)29(19)27-8-5-7-24(21(27)3)18-38-25-11-9-23(10-12-25)17-28-30(34)32-31(35)39-28/h5,7-12,15-16,28H,6,13-14,17-18H2,1-4H3,(H,32,34,35). The molecule has 1 saturated heterocycles. The van der Waals surface area contributed by atoms with Crippen molar-refractivity contribution in [2.75, 3.05) is 13.2 Å². The van der Waals surface area contributed by atoms with Crippen molar-refractivity contribution in [1.29, 1.82) is 0 Å². The molecule has 0 aromatic heterocycles. The van der Waals surface area contributed by atoms with E-state index < -0.39 is 0 Å². The second kappa shape index (κ2) is 12.8. The third-order valence-corrected chi connectivity index (χ3v) is 7.57. The van der Waals surface area contributed by atoms with Crippen LogP contribution in [-0.4, -0.2) is 35.6 Å². The molecule has 0 radical (unpaired) electrons. The first-order chi connectivity index (χ1) is 18.7. The lowest BCUT2D eigenvalue weighted by molar-refractivity contribution is -0.141. The van der Waals surface area contributed by atoms with Crippen molar-refractivity contribution in [3.8, 4) is 22.6 Å². The van der Waals surface area contributed by atoms with Gasteiger partial charge in [-0.15, -0.1) is 0 Å². The van der Waals surface area contributed by atoms with Crippen molar-refractivity contribution in [1.82, 2.24) is 5.32 Å². The Hall–Kier alpha value is -3.78. The molecule has 4 rings (SSSR count). The number of esters is 1. The molecule has 204 valence electrons. The van der Waals surface area contributed by atoms with E-state index in [1.807, 2.05) is 42.5 Å². The molecule has 8 heteroatoms. The van der Waals surface area contributed by atoms with Gasteiger partial charge in [0.1, 0.15) is 18.1 Å². The fourth-order valence-corrected chi connectivity index (χ4v) is 5.49. The van der Waals surface area contributed by atoms with Crippen molar-refractivity contribution in [2.45, 2.75) is 52.4 Å². The van der Waals surface area contributed by atoms with E-state index in [4.69, 9.17) is 14.2 Å². The average Bonchev–Trinajstić information content (AvgIpc) is 3.20. The fourth-order valence-electron chi connectivity index (χ4n) is 4.63. The Labute approximate surface area is 233 Å². The first-order valence-corrected chi connectivity index (χ1v) is 13.8. The Kier molecular flexibility index (Phi) is 9.30. The zero-order valence-electron chi connectivity index (χ0n) is 22.7. The number of hydrogen-bond acceptors (Lipinski definition) is 7. The van der Waals surface area contributed by atoms with Gasteiger partial charge in [-0.1, -0.05) is 42.1 Å². The molecule has 3 aromatic carbocycles. The van der Waals surface area contributed by atoms with Crippen LogP contribution >= 0.6 is 11.8 Å². The molecular weight excluding hydrogens is 514 g/mol. The van der Waals surface area contributed by atoms with Crippen LogP contribution in [0.25, 0.3) is 11.1 Å². The zero-order valence-corrected chi connectivity index (χ0v) is 23.5. The third kappa shape index (κ3) is 7.41. The Bertz CT molecular complexity index is 1340. The third-order valence-electron chi connectivity index (χ3n) is 6.59. The van der Waals surface area contributed by atoms with Crippen LogP contribution in [0.2, 0.25) is 0 Å². The van der Waals surface area contributed by atoms with Crippen LogP contribution in [0.4, 0.5) is 4.79 Å². The Morgan fingerprint density at radius 3 is 2.28 bits per heavy atom. The average molecular weight is 548 g/mol. The molecule has 0 bridgehead atoms. The van der Waals surface area contributed by atoms with Gasteiger partial charge in [-0.25, -0.2) is 0 Å². The normalized spacial score (nSPS) is 14.7. The van der Waals surface area contributed by atoms with Gasteiger partial charge < -0.3 is 14.2 Å². The minimum absolute atomic E-state index is 0.232. The summed E-state index contributed by atoms with van der Waals surface area (Å²) in [6.45, 7) is 8.94. The smallest absolute Gasteiger partial charge is 0.302 e. The van der Waals surface area contributed by atoms with Crippen LogP contribution in [-0.2, 0) is 27.4 Å². The second-order valence-corrected chi connectivity index (χ2v) is 10.8. The maximum absolute atomic E-state index is 11.8. The lowest BCUT2D eigenvalue weighted by atomic mass is 9.90. The fraction of sp³-hybridized carbons (Fsp3) is 0.323. The Morgan fingerprint density at radius 2 is 1.64 bits per heavy atom. The Balaban J connectivity index is 1.39. The molecule has 1 N–H and O–H groups in total. The van der Waals surface area contributed by atoms with E-state index in [0.717, 1.165) is 56.6 Å². The van der Waals surface area contributed by atoms with Crippen LogP contribution in [0.15, 0.2) is 54.6 Å². The molecule has 2 amide bonds. The van der Waals surface area contributed by atoms with Gasteiger partial charge in [-0.2, -0.15) is 0 Å². The SMILES string of the molecule is CC(=O)OCCCOc1cc(C)c(-c2cccc(COc3ccc(CC4SC(=O)NC4=O)cc3)c2C)c(C)c1. The molecule has 0 spiro atoms. The molecule has 0 saturated carbocycles. The molecule has 1 aliphatic rings. The van der Waals surface area contributed by atoms with Crippen LogP contribution in [0.3, 0.4) is 0 Å². The Morgan fingerprint density at radius 1 is 0.923 bits per heavy atom. The summed E-state index contributed by atoms with van der Waals surface area (Å²) in [6, 6.07) is 18.0. The van der Waals surface area contributed by atoms with Gasteiger partial charge in [-0.3, -0.25) is 19.7 Å². The number of amides is 2. The molecule has 1 unspecified atom stereocenters. The number of rotatable bonds is 11. The number of carbonyl (C=O) groups is 3. The predicted octanol–water partition coefficient (Wildman–Crippen LogP) is 6.08. The van der Waals surface area contributed by atoms with Crippen LogP contribution in [0.1, 0.15) is 41.2 Å². The number of aryl methyl sites for hydroxylation is 2. The van der Waals surface area contributed by atoms with Crippen molar-refractivity contribution in [3.05, 3.63) is 82.4 Å². The van der Waals surface area contributed by atoms with Gasteiger partial charge in [0.25, 0.3) is 5.24 Å². The molecule has 1 aliphatic heterocycles. The maximum Gasteiger partial charge on any atom is 0.302 e. The van der Waals surface area contributed by atoms with Crippen molar-refractivity contribution >= 4 is 28.9 Å². The molecular formula is C31H33NO6S. The highest BCUT2D eigenvalue weighted by molar-refractivity contribution is 8.15. The van der Waals surface area contributed by atoms with E-state index in [9.17, 15) is 14.4 Å². The predicted molar refractivity (Wildman–Crippen MR) is 152 cm³/mol. The molecule has 3 aromatic rings. The number of hydrogen-bond donors (Lipinski definition) is 1. The monoisotopic (exact) mass is 547 g/mol.